The van der Waals surface area contributed by atoms with E-state index in [1.54, 1.807) is 0 Å². The zero-order valence-electron chi connectivity index (χ0n) is 10.9. The molecule has 2 aliphatic carbocycles. The number of ether oxygens (including phenoxy) is 1. The SMILES string of the molecule is NNC(=NC1CCOC1C1CC1)NC1CCCC1. The molecule has 0 spiro atoms. The normalized spacial score (nSPS) is 33.9. The molecule has 2 atom stereocenters. The highest BCUT2D eigenvalue weighted by Crippen LogP contribution is 2.39. The van der Waals surface area contributed by atoms with Crippen LogP contribution in [0.3, 0.4) is 0 Å². The summed E-state index contributed by atoms with van der Waals surface area (Å²) in [5.41, 5.74) is 2.72. The van der Waals surface area contributed by atoms with Gasteiger partial charge in [-0.2, -0.15) is 0 Å². The zero-order chi connectivity index (χ0) is 12.4. The van der Waals surface area contributed by atoms with Gasteiger partial charge in [0, 0.05) is 12.6 Å². The molecular weight excluding hydrogens is 228 g/mol. The lowest BCUT2D eigenvalue weighted by atomic mass is 10.1. The van der Waals surface area contributed by atoms with Crippen LogP contribution in [0.1, 0.15) is 44.9 Å². The predicted molar refractivity (Wildman–Crippen MR) is 71.0 cm³/mol. The summed E-state index contributed by atoms with van der Waals surface area (Å²) >= 11 is 0. The van der Waals surface area contributed by atoms with Gasteiger partial charge in [0.05, 0.1) is 12.1 Å². The Hall–Kier alpha value is -0.810. The van der Waals surface area contributed by atoms with Gasteiger partial charge in [-0.3, -0.25) is 5.43 Å². The van der Waals surface area contributed by atoms with Gasteiger partial charge in [-0.25, -0.2) is 10.8 Å². The second-order valence-corrected chi connectivity index (χ2v) is 5.78. The molecule has 5 nitrogen and oxygen atoms in total. The Balaban J connectivity index is 1.60. The molecule has 102 valence electrons. The molecule has 3 fully saturated rings. The topological polar surface area (TPSA) is 71.7 Å². The first-order valence-electron chi connectivity index (χ1n) is 7.29. The monoisotopic (exact) mass is 252 g/mol. The number of rotatable bonds is 3. The lowest BCUT2D eigenvalue weighted by Crippen LogP contribution is -2.46. The van der Waals surface area contributed by atoms with Gasteiger partial charge in [-0.15, -0.1) is 0 Å². The number of aliphatic imine (C=N–C) groups is 1. The van der Waals surface area contributed by atoms with Crippen LogP contribution in [-0.4, -0.2) is 30.8 Å². The Morgan fingerprint density at radius 3 is 2.56 bits per heavy atom. The van der Waals surface area contributed by atoms with Gasteiger partial charge in [-0.1, -0.05) is 12.8 Å². The van der Waals surface area contributed by atoms with Crippen molar-refractivity contribution in [2.45, 2.75) is 63.1 Å². The molecule has 4 N–H and O–H groups in total. The van der Waals surface area contributed by atoms with E-state index in [0.717, 1.165) is 24.9 Å². The minimum absolute atomic E-state index is 0.289. The Morgan fingerprint density at radius 2 is 1.89 bits per heavy atom. The van der Waals surface area contributed by atoms with Crippen LogP contribution in [0.5, 0.6) is 0 Å². The number of hydrogen-bond donors (Lipinski definition) is 3. The second-order valence-electron chi connectivity index (χ2n) is 5.78. The number of hydrazine groups is 1. The van der Waals surface area contributed by atoms with Crippen molar-refractivity contribution >= 4 is 5.96 Å². The smallest absolute Gasteiger partial charge is 0.206 e. The number of nitrogens with one attached hydrogen (secondary N) is 2. The lowest BCUT2D eigenvalue weighted by molar-refractivity contribution is 0.0874. The van der Waals surface area contributed by atoms with Crippen molar-refractivity contribution in [1.82, 2.24) is 10.7 Å². The fourth-order valence-corrected chi connectivity index (χ4v) is 3.16. The summed E-state index contributed by atoms with van der Waals surface area (Å²) in [4.78, 5) is 4.74. The first-order chi connectivity index (χ1) is 8.86. The van der Waals surface area contributed by atoms with Gasteiger partial charge in [0.1, 0.15) is 0 Å². The minimum atomic E-state index is 0.289. The van der Waals surface area contributed by atoms with Gasteiger partial charge in [0.25, 0.3) is 0 Å². The van der Waals surface area contributed by atoms with Crippen LogP contribution >= 0.6 is 0 Å². The first-order valence-corrected chi connectivity index (χ1v) is 7.29. The summed E-state index contributed by atoms with van der Waals surface area (Å²) in [5, 5.41) is 3.43. The van der Waals surface area contributed by atoms with E-state index in [1.165, 1.54) is 38.5 Å². The van der Waals surface area contributed by atoms with Crippen LogP contribution in [0.25, 0.3) is 0 Å². The maximum Gasteiger partial charge on any atom is 0.206 e. The Kier molecular flexibility index (Phi) is 3.70. The molecule has 2 unspecified atom stereocenters. The van der Waals surface area contributed by atoms with E-state index < -0.39 is 0 Å². The lowest BCUT2D eigenvalue weighted by Gasteiger charge is -2.19. The number of nitrogens with zero attached hydrogens (tertiary/aromatic N) is 1. The van der Waals surface area contributed by atoms with Crippen molar-refractivity contribution in [3.8, 4) is 0 Å². The number of guanidine groups is 1. The van der Waals surface area contributed by atoms with Crippen LogP contribution in [0.4, 0.5) is 0 Å². The fraction of sp³-hybridized carbons (Fsp3) is 0.923. The van der Waals surface area contributed by atoms with Crippen molar-refractivity contribution in [3.63, 3.8) is 0 Å². The molecule has 3 aliphatic rings. The average Bonchev–Trinajstić information content (AvgIpc) is 2.91. The van der Waals surface area contributed by atoms with E-state index in [-0.39, 0.29) is 6.04 Å². The quantitative estimate of drug-likeness (QED) is 0.302. The van der Waals surface area contributed by atoms with Crippen LogP contribution in [0.15, 0.2) is 4.99 Å². The molecule has 5 heteroatoms. The highest BCUT2D eigenvalue weighted by molar-refractivity contribution is 5.79. The van der Waals surface area contributed by atoms with Gasteiger partial charge in [0.15, 0.2) is 0 Å². The Morgan fingerprint density at radius 1 is 1.11 bits per heavy atom. The third kappa shape index (κ3) is 2.78. The van der Waals surface area contributed by atoms with Crippen molar-refractivity contribution < 1.29 is 4.74 Å². The van der Waals surface area contributed by atoms with E-state index in [9.17, 15) is 0 Å². The Labute approximate surface area is 109 Å². The van der Waals surface area contributed by atoms with Gasteiger partial charge < -0.3 is 10.1 Å². The highest BCUT2D eigenvalue weighted by Gasteiger charge is 2.40. The molecule has 0 aromatic rings. The van der Waals surface area contributed by atoms with Crippen LogP contribution in [-0.2, 0) is 4.74 Å². The van der Waals surface area contributed by atoms with Gasteiger partial charge in [-0.05, 0) is 38.0 Å². The maximum absolute atomic E-state index is 5.80. The summed E-state index contributed by atoms with van der Waals surface area (Å²) in [6.07, 6.45) is 9.05. The molecule has 0 bridgehead atoms. The molecule has 0 aromatic carbocycles. The van der Waals surface area contributed by atoms with E-state index in [4.69, 9.17) is 15.6 Å². The van der Waals surface area contributed by atoms with Crippen LogP contribution in [0.2, 0.25) is 0 Å². The zero-order valence-corrected chi connectivity index (χ0v) is 10.9. The van der Waals surface area contributed by atoms with Gasteiger partial charge in [0.2, 0.25) is 5.96 Å². The largest absolute Gasteiger partial charge is 0.376 e. The van der Waals surface area contributed by atoms with E-state index >= 15 is 0 Å². The molecule has 18 heavy (non-hydrogen) atoms. The van der Waals surface area contributed by atoms with Crippen molar-refractivity contribution in [2.24, 2.45) is 16.8 Å². The summed E-state index contributed by atoms with van der Waals surface area (Å²) in [5.74, 6) is 7.08. The maximum atomic E-state index is 5.80. The summed E-state index contributed by atoms with van der Waals surface area (Å²) < 4.78 is 5.80. The number of nitrogens with two attached hydrogens (primary N) is 1. The average molecular weight is 252 g/mol. The van der Waals surface area contributed by atoms with E-state index in [1.807, 2.05) is 0 Å². The van der Waals surface area contributed by atoms with Crippen molar-refractivity contribution in [3.05, 3.63) is 0 Å². The molecule has 2 saturated carbocycles. The van der Waals surface area contributed by atoms with E-state index in [0.29, 0.717) is 12.1 Å². The molecule has 0 radical (unpaired) electrons. The molecule has 1 heterocycles. The molecular formula is C13H24N4O. The summed E-state index contributed by atoms with van der Waals surface area (Å²) in [7, 11) is 0. The van der Waals surface area contributed by atoms with Crippen molar-refractivity contribution in [2.75, 3.05) is 6.61 Å². The van der Waals surface area contributed by atoms with Crippen LogP contribution < -0.4 is 16.6 Å². The Bertz CT molecular complexity index is 310. The standard InChI is InChI=1S/C13H24N4O/c14-17-13(15-10-3-1-2-4-10)16-11-7-8-18-12(11)9-5-6-9/h9-12H,1-8,14H2,(H2,15,16,17). The molecule has 3 rings (SSSR count). The molecule has 0 aromatic heterocycles. The molecule has 0 amide bonds. The predicted octanol–water partition coefficient (Wildman–Crippen LogP) is 0.905. The summed E-state index contributed by atoms with van der Waals surface area (Å²) in [6, 6.07) is 0.832. The van der Waals surface area contributed by atoms with Crippen molar-refractivity contribution in [1.29, 1.82) is 0 Å². The fourth-order valence-electron chi connectivity index (χ4n) is 3.16. The molecule has 1 aliphatic heterocycles. The second kappa shape index (κ2) is 5.45. The van der Waals surface area contributed by atoms with Crippen LogP contribution in [0, 0.1) is 5.92 Å². The third-order valence-corrected chi connectivity index (χ3v) is 4.32. The minimum Gasteiger partial charge on any atom is -0.376 e. The first kappa shape index (κ1) is 12.2. The third-order valence-electron chi connectivity index (χ3n) is 4.32. The van der Waals surface area contributed by atoms with E-state index in [2.05, 4.69) is 10.7 Å². The summed E-state index contributed by atoms with van der Waals surface area (Å²) in [6.45, 7) is 0.844. The van der Waals surface area contributed by atoms with Gasteiger partial charge >= 0.3 is 0 Å². The molecule has 1 saturated heterocycles. The number of hydrogen-bond acceptors (Lipinski definition) is 3. The highest BCUT2D eigenvalue weighted by atomic mass is 16.5.